The SMILES string of the molecule is CCc1ccc(C2C(C#N)=C(N)N(c3nnc(SCC(=O)Nc4cccc(C)c4C)s3)C3=C2C(=O)CCC3)cc1. The van der Waals surface area contributed by atoms with Gasteiger partial charge in [0.15, 0.2) is 10.1 Å². The minimum atomic E-state index is -0.509. The lowest BCUT2D eigenvalue weighted by Crippen LogP contribution is -2.38. The first-order chi connectivity index (χ1) is 19.3. The molecule has 3 N–H and O–H groups in total. The van der Waals surface area contributed by atoms with Crippen LogP contribution in [0.1, 0.15) is 54.4 Å². The van der Waals surface area contributed by atoms with Crippen LogP contribution in [0.4, 0.5) is 10.8 Å². The van der Waals surface area contributed by atoms with E-state index in [9.17, 15) is 14.9 Å². The summed E-state index contributed by atoms with van der Waals surface area (Å²) in [5.74, 6) is -0.192. The maximum atomic E-state index is 13.3. The van der Waals surface area contributed by atoms with Crippen LogP contribution in [0.25, 0.3) is 0 Å². The van der Waals surface area contributed by atoms with E-state index >= 15 is 0 Å². The van der Waals surface area contributed by atoms with Crippen molar-refractivity contribution >= 4 is 45.6 Å². The number of allylic oxidation sites excluding steroid dienone is 3. The van der Waals surface area contributed by atoms with Crippen molar-refractivity contribution in [2.75, 3.05) is 16.0 Å². The largest absolute Gasteiger partial charge is 0.384 e. The average molecular weight is 571 g/mol. The summed E-state index contributed by atoms with van der Waals surface area (Å²) in [6.45, 7) is 6.07. The highest BCUT2D eigenvalue weighted by molar-refractivity contribution is 8.01. The number of Topliss-reactive ketones (excluding diaryl/α,β-unsaturated/α-hetero) is 1. The molecule has 1 aliphatic carbocycles. The molecule has 8 nitrogen and oxygen atoms in total. The fraction of sp³-hybridized carbons (Fsp3) is 0.300. The predicted molar refractivity (Wildman–Crippen MR) is 159 cm³/mol. The molecule has 204 valence electrons. The number of nitrogens with one attached hydrogen (secondary N) is 1. The molecule has 2 aliphatic rings. The third-order valence-corrected chi connectivity index (χ3v) is 9.47. The number of carbonyl (C=O) groups is 2. The number of rotatable bonds is 7. The van der Waals surface area contributed by atoms with Gasteiger partial charge in [-0.2, -0.15) is 5.26 Å². The van der Waals surface area contributed by atoms with E-state index in [0.29, 0.717) is 39.9 Å². The highest BCUT2D eigenvalue weighted by atomic mass is 32.2. The minimum Gasteiger partial charge on any atom is -0.384 e. The summed E-state index contributed by atoms with van der Waals surface area (Å²) < 4.78 is 0.596. The first-order valence-corrected chi connectivity index (χ1v) is 15.0. The zero-order chi connectivity index (χ0) is 28.4. The summed E-state index contributed by atoms with van der Waals surface area (Å²) in [5.41, 5.74) is 13.4. The minimum absolute atomic E-state index is 0.0262. The van der Waals surface area contributed by atoms with E-state index in [1.807, 2.05) is 56.3 Å². The van der Waals surface area contributed by atoms with Gasteiger partial charge in [-0.1, -0.05) is 66.4 Å². The topological polar surface area (TPSA) is 125 Å². The molecule has 40 heavy (non-hydrogen) atoms. The van der Waals surface area contributed by atoms with Crippen molar-refractivity contribution in [3.8, 4) is 6.07 Å². The Labute approximate surface area is 242 Å². The van der Waals surface area contributed by atoms with Gasteiger partial charge in [0, 0.05) is 23.4 Å². The molecule has 1 aliphatic heterocycles. The second-order valence-corrected chi connectivity index (χ2v) is 12.0. The number of hydrogen-bond donors (Lipinski definition) is 2. The summed E-state index contributed by atoms with van der Waals surface area (Å²) in [7, 11) is 0. The van der Waals surface area contributed by atoms with Crippen LogP contribution in [0, 0.1) is 25.2 Å². The molecule has 2 heterocycles. The molecule has 1 unspecified atom stereocenters. The quantitative estimate of drug-likeness (QED) is 0.344. The third-order valence-electron chi connectivity index (χ3n) is 7.43. The van der Waals surface area contributed by atoms with Crippen molar-refractivity contribution in [3.05, 3.63) is 87.4 Å². The molecule has 2 aromatic carbocycles. The Bertz CT molecular complexity index is 1580. The van der Waals surface area contributed by atoms with Crippen molar-refractivity contribution < 1.29 is 9.59 Å². The van der Waals surface area contributed by atoms with E-state index in [-0.39, 0.29) is 23.3 Å². The van der Waals surface area contributed by atoms with Gasteiger partial charge < -0.3 is 11.1 Å². The molecular weight excluding hydrogens is 541 g/mol. The lowest BCUT2D eigenvalue weighted by Gasteiger charge is -2.38. The van der Waals surface area contributed by atoms with Crippen molar-refractivity contribution in [2.45, 2.75) is 56.7 Å². The molecule has 0 saturated carbocycles. The Morgan fingerprint density at radius 2 is 1.98 bits per heavy atom. The number of carbonyl (C=O) groups excluding carboxylic acids is 2. The zero-order valence-electron chi connectivity index (χ0n) is 22.7. The number of hydrogen-bond acceptors (Lipinski definition) is 9. The second-order valence-electron chi connectivity index (χ2n) is 9.85. The normalized spacial score (nSPS) is 17.1. The summed E-state index contributed by atoms with van der Waals surface area (Å²) in [5, 5.41) is 22.3. The average Bonchev–Trinajstić information content (AvgIpc) is 3.42. The van der Waals surface area contributed by atoms with E-state index < -0.39 is 5.92 Å². The van der Waals surface area contributed by atoms with Gasteiger partial charge in [0.1, 0.15) is 5.82 Å². The molecule has 0 spiro atoms. The van der Waals surface area contributed by atoms with E-state index in [1.54, 1.807) is 4.90 Å². The monoisotopic (exact) mass is 570 g/mol. The standard InChI is InChI=1S/C30H30N6O2S2/c1-4-19-11-13-20(14-12-19)26-21(15-31)28(32)36(23-9-6-10-24(37)27(23)26)29-34-35-30(40-29)39-16-25(38)33-22-8-5-7-17(2)18(22)3/h5,7-8,11-14,26H,4,6,9-10,16,32H2,1-3H3,(H,33,38). The van der Waals surface area contributed by atoms with Gasteiger partial charge in [0.2, 0.25) is 11.0 Å². The number of nitriles is 1. The van der Waals surface area contributed by atoms with Gasteiger partial charge in [0.25, 0.3) is 0 Å². The molecule has 0 bridgehead atoms. The molecule has 1 aromatic heterocycles. The number of aryl methyl sites for hydroxylation is 2. The molecule has 1 amide bonds. The van der Waals surface area contributed by atoms with E-state index in [2.05, 4.69) is 28.5 Å². The van der Waals surface area contributed by atoms with Gasteiger partial charge in [-0.05, 0) is 61.4 Å². The molecule has 0 radical (unpaired) electrons. The highest BCUT2D eigenvalue weighted by Gasteiger charge is 2.41. The van der Waals surface area contributed by atoms with Crippen molar-refractivity contribution in [2.24, 2.45) is 5.73 Å². The summed E-state index contributed by atoms with van der Waals surface area (Å²) >= 11 is 2.57. The molecule has 3 aromatic rings. The maximum Gasteiger partial charge on any atom is 0.234 e. The van der Waals surface area contributed by atoms with Gasteiger partial charge in [0.05, 0.1) is 23.3 Å². The van der Waals surface area contributed by atoms with Crippen molar-refractivity contribution in [1.82, 2.24) is 10.2 Å². The number of anilines is 2. The molecule has 5 rings (SSSR count). The summed E-state index contributed by atoms with van der Waals surface area (Å²) in [6, 6.07) is 16.1. The number of benzene rings is 2. The first kappa shape index (κ1) is 27.6. The fourth-order valence-corrected chi connectivity index (χ4v) is 6.82. The van der Waals surface area contributed by atoms with E-state index in [4.69, 9.17) is 5.73 Å². The summed E-state index contributed by atoms with van der Waals surface area (Å²) in [6.07, 6.45) is 2.68. The molecule has 0 saturated heterocycles. The molecular formula is C30H30N6O2S2. The van der Waals surface area contributed by atoms with Crippen LogP contribution in [0.3, 0.4) is 0 Å². The van der Waals surface area contributed by atoms with Crippen LogP contribution >= 0.6 is 23.1 Å². The number of nitrogens with two attached hydrogens (primary N) is 1. The van der Waals surface area contributed by atoms with Crippen LogP contribution in [0.5, 0.6) is 0 Å². The Hall–Kier alpha value is -3.94. The lowest BCUT2D eigenvalue weighted by molar-refractivity contribution is -0.116. The second kappa shape index (κ2) is 11.7. The number of ketones is 1. The van der Waals surface area contributed by atoms with E-state index in [0.717, 1.165) is 34.5 Å². The third kappa shape index (κ3) is 5.27. The first-order valence-electron chi connectivity index (χ1n) is 13.2. The lowest BCUT2D eigenvalue weighted by atomic mass is 9.75. The highest BCUT2D eigenvalue weighted by Crippen LogP contribution is 2.47. The van der Waals surface area contributed by atoms with Crippen LogP contribution in [0.15, 0.2) is 69.5 Å². The van der Waals surface area contributed by atoms with Crippen LogP contribution in [0.2, 0.25) is 0 Å². The Morgan fingerprint density at radius 1 is 1.20 bits per heavy atom. The maximum absolute atomic E-state index is 13.3. The Balaban J connectivity index is 1.41. The van der Waals surface area contributed by atoms with Gasteiger partial charge in [-0.25, -0.2) is 0 Å². The fourth-order valence-electron chi connectivity index (χ4n) is 5.14. The van der Waals surface area contributed by atoms with Crippen LogP contribution < -0.4 is 16.0 Å². The Kier molecular flexibility index (Phi) is 8.05. The number of amides is 1. The van der Waals surface area contributed by atoms with Crippen molar-refractivity contribution in [3.63, 3.8) is 0 Å². The van der Waals surface area contributed by atoms with Gasteiger partial charge >= 0.3 is 0 Å². The molecule has 1 atom stereocenters. The van der Waals surface area contributed by atoms with Crippen LogP contribution in [-0.4, -0.2) is 27.6 Å². The number of aromatic nitrogens is 2. The zero-order valence-corrected chi connectivity index (χ0v) is 24.3. The Morgan fingerprint density at radius 3 is 2.70 bits per heavy atom. The smallest absolute Gasteiger partial charge is 0.234 e. The van der Waals surface area contributed by atoms with Gasteiger partial charge in [-0.3, -0.25) is 14.5 Å². The summed E-state index contributed by atoms with van der Waals surface area (Å²) in [4.78, 5) is 27.7. The number of thioether (sulfide) groups is 1. The van der Waals surface area contributed by atoms with Gasteiger partial charge in [-0.15, -0.1) is 10.2 Å². The van der Waals surface area contributed by atoms with Crippen molar-refractivity contribution in [1.29, 1.82) is 5.26 Å². The number of nitrogens with zero attached hydrogens (tertiary/aromatic N) is 4. The predicted octanol–water partition coefficient (Wildman–Crippen LogP) is 5.75. The molecule has 10 heteroatoms. The molecule has 0 fully saturated rings. The van der Waals surface area contributed by atoms with Crippen LogP contribution in [-0.2, 0) is 16.0 Å². The van der Waals surface area contributed by atoms with E-state index in [1.165, 1.54) is 28.7 Å².